The van der Waals surface area contributed by atoms with Gasteiger partial charge in [-0.05, 0) is 12.8 Å². The molecule has 1 aromatic heterocycles. The van der Waals surface area contributed by atoms with Crippen LogP contribution in [-0.4, -0.2) is 54.7 Å². The lowest BCUT2D eigenvalue weighted by Gasteiger charge is -2.36. The van der Waals surface area contributed by atoms with E-state index in [2.05, 4.69) is 20.9 Å². The zero-order valence-corrected chi connectivity index (χ0v) is 12.3. The molecule has 0 amide bonds. The van der Waals surface area contributed by atoms with Crippen LogP contribution in [0.25, 0.3) is 0 Å². The normalized spacial score (nSPS) is 26.0. The van der Waals surface area contributed by atoms with Crippen LogP contribution in [0.5, 0.6) is 0 Å². The number of anilines is 1. The Morgan fingerprint density at radius 1 is 1.18 bits per heavy atom. The van der Waals surface area contributed by atoms with Crippen molar-refractivity contribution in [1.82, 2.24) is 9.88 Å². The smallest absolute Gasteiger partial charge is 0.323 e. The number of piperazine rings is 1. The fourth-order valence-electron chi connectivity index (χ4n) is 3.17. The molecule has 1 atom stereocenters. The molecule has 0 aromatic carbocycles. The summed E-state index contributed by atoms with van der Waals surface area (Å²) in [6.07, 6.45) is 2.97. The van der Waals surface area contributed by atoms with Crippen molar-refractivity contribution >= 4 is 11.9 Å². The van der Waals surface area contributed by atoms with Gasteiger partial charge in [-0.1, -0.05) is 0 Å². The molecule has 0 radical (unpaired) electrons. The van der Waals surface area contributed by atoms with E-state index in [4.69, 9.17) is 9.15 Å². The summed E-state index contributed by atoms with van der Waals surface area (Å²) >= 11 is 0. The Hall–Kier alpha value is -2.07. The predicted octanol–water partition coefficient (Wildman–Crippen LogP) is 0.861. The van der Waals surface area contributed by atoms with Crippen LogP contribution in [-0.2, 0) is 9.53 Å². The Labute approximate surface area is 128 Å². The Balaban J connectivity index is 1.45. The lowest BCUT2D eigenvalue weighted by molar-refractivity contribution is -0.142. The number of hydrogen-bond acceptors (Lipinski definition) is 7. The van der Waals surface area contributed by atoms with Gasteiger partial charge in [0.05, 0.1) is 6.61 Å². The maximum absolute atomic E-state index is 11.7. The number of carbonyl (C=O) groups is 1. The second-order valence-electron chi connectivity index (χ2n) is 6.09. The van der Waals surface area contributed by atoms with Crippen LogP contribution in [0.15, 0.2) is 4.42 Å². The molecule has 1 aliphatic carbocycles. The third-order valence-electron chi connectivity index (χ3n) is 4.61. The third-order valence-corrected chi connectivity index (χ3v) is 4.61. The Kier molecular flexibility index (Phi) is 3.26. The van der Waals surface area contributed by atoms with Gasteiger partial charge in [-0.15, -0.1) is 0 Å². The molecule has 0 bridgehead atoms. The van der Waals surface area contributed by atoms with Crippen molar-refractivity contribution in [2.75, 3.05) is 37.7 Å². The second kappa shape index (κ2) is 5.29. The summed E-state index contributed by atoms with van der Waals surface area (Å²) in [5, 5.41) is 9.25. The highest BCUT2D eigenvalue weighted by molar-refractivity contribution is 5.77. The van der Waals surface area contributed by atoms with Gasteiger partial charge in [0.2, 0.25) is 17.5 Å². The highest BCUT2D eigenvalue weighted by Gasteiger charge is 2.36. The molecule has 3 fully saturated rings. The molecule has 2 aliphatic heterocycles. The summed E-state index contributed by atoms with van der Waals surface area (Å²) in [5.41, 5.74) is 0.385. The lowest BCUT2D eigenvalue weighted by atomic mass is 10.2. The monoisotopic (exact) mass is 302 g/mol. The first-order chi connectivity index (χ1) is 10.8. The van der Waals surface area contributed by atoms with Gasteiger partial charge in [-0.3, -0.25) is 9.69 Å². The molecule has 1 saturated carbocycles. The molecule has 3 aliphatic rings. The first-order valence-electron chi connectivity index (χ1n) is 7.82. The zero-order chi connectivity index (χ0) is 15.1. The summed E-state index contributed by atoms with van der Waals surface area (Å²) in [7, 11) is 0. The maximum Gasteiger partial charge on any atom is 0.323 e. The summed E-state index contributed by atoms with van der Waals surface area (Å²) in [5.74, 6) is 1.59. The number of nitrogens with zero attached hydrogens (tertiary/aromatic N) is 4. The SMILES string of the molecule is N#Cc1nc(C2CC2)oc1N1CCN(C2CCOC2=O)CC1. The second-order valence-corrected chi connectivity index (χ2v) is 6.09. The average Bonchev–Trinajstić information content (AvgIpc) is 3.16. The van der Waals surface area contributed by atoms with Gasteiger partial charge in [0.25, 0.3) is 0 Å². The number of carbonyl (C=O) groups excluding carboxylic acids is 1. The van der Waals surface area contributed by atoms with Gasteiger partial charge < -0.3 is 14.1 Å². The molecule has 7 heteroatoms. The largest absolute Gasteiger partial charge is 0.464 e. The topological polar surface area (TPSA) is 82.6 Å². The first kappa shape index (κ1) is 13.6. The molecule has 116 valence electrons. The van der Waals surface area contributed by atoms with Crippen molar-refractivity contribution in [3.05, 3.63) is 11.6 Å². The van der Waals surface area contributed by atoms with Gasteiger partial charge in [-0.2, -0.15) is 5.26 Å². The molecule has 2 saturated heterocycles. The molecule has 7 nitrogen and oxygen atoms in total. The van der Waals surface area contributed by atoms with Crippen LogP contribution in [0, 0.1) is 11.3 Å². The highest BCUT2D eigenvalue weighted by atomic mass is 16.5. The molecule has 1 aromatic rings. The third kappa shape index (κ3) is 2.33. The number of oxazole rings is 1. The minimum atomic E-state index is -0.109. The standard InChI is InChI=1S/C15H18N4O3/c16-9-11-14(22-13(17-11)10-1-2-10)19-6-4-18(5-7-19)12-3-8-21-15(12)20/h10,12H,1-8H2. The van der Waals surface area contributed by atoms with Crippen molar-refractivity contribution in [1.29, 1.82) is 5.26 Å². The fraction of sp³-hybridized carbons (Fsp3) is 0.667. The van der Waals surface area contributed by atoms with E-state index in [1.165, 1.54) is 0 Å². The van der Waals surface area contributed by atoms with Crippen LogP contribution in [0.4, 0.5) is 5.88 Å². The number of nitriles is 1. The minimum absolute atomic E-state index is 0.102. The van der Waals surface area contributed by atoms with Crippen LogP contribution >= 0.6 is 0 Å². The van der Waals surface area contributed by atoms with E-state index in [1.807, 2.05) is 0 Å². The summed E-state index contributed by atoms with van der Waals surface area (Å²) in [6.45, 7) is 3.53. The van der Waals surface area contributed by atoms with Crippen molar-refractivity contribution in [2.45, 2.75) is 31.2 Å². The van der Waals surface area contributed by atoms with E-state index in [0.717, 1.165) is 45.4 Å². The fourth-order valence-corrected chi connectivity index (χ4v) is 3.17. The highest BCUT2D eigenvalue weighted by Crippen LogP contribution is 2.41. The molecule has 3 heterocycles. The van der Waals surface area contributed by atoms with Crippen LogP contribution < -0.4 is 4.90 Å². The summed E-state index contributed by atoms with van der Waals surface area (Å²) < 4.78 is 10.9. The van der Waals surface area contributed by atoms with Crippen LogP contribution in [0.1, 0.15) is 36.8 Å². The number of aromatic nitrogens is 1. The lowest BCUT2D eigenvalue weighted by Crippen LogP contribution is -2.51. The molecular formula is C15H18N4O3. The van der Waals surface area contributed by atoms with Crippen molar-refractivity contribution in [3.63, 3.8) is 0 Å². The Bertz CT molecular complexity index is 623. The van der Waals surface area contributed by atoms with E-state index in [-0.39, 0.29) is 12.0 Å². The summed E-state index contributed by atoms with van der Waals surface area (Å²) in [6, 6.07) is 2.03. The van der Waals surface area contributed by atoms with E-state index < -0.39 is 0 Å². The first-order valence-corrected chi connectivity index (χ1v) is 7.82. The number of hydrogen-bond donors (Lipinski definition) is 0. The molecule has 4 rings (SSSR count). The molecular weight excluding hydrogens is 284 g/mol. The number of esters is 1. The van der Waals surface area contributed by atoms with Crippen molar-refractivity contribution in [2.24, 2.45) is 0 Å². The van der Waals surface area contributed by atoms with E-state index >= 15 is 0 Å². The van der Waals surface area contributed by atoms with E-state index in [0.29, 0.717) is 30.0 Å². The number of rotatable bonds is 3. The van der Waals surface area contributed by atoms with Gasteiger partial charge in [-0.25, -0.2) is 4.98 Å². The van der Waals surface area contributed by atoms with Gasteiger partial charge in [0, 0.05) is 38.5 Å². The van der Waals surface area contributed by atoms with Crippen molar-refractivity contribution < 1.29 is 13.9 Å². The average molecular weight is 302 g/mol. The van der Waals surface area contributed by atoms with E-state index in [9.17, 15) is 10.1 Å². The molecule has 0 N–H and O–H groups in total. The molecule has 22 heavy (non-hydrogen) atoms. The van der Waals surface area contributed by atoms with E-state index in [1.54, 1.807) is 0 Å². The number of ether oxygens (including phenoxy) is 1. The van der Waals surface area contributed by atoms with Gasteiger partial charge in [0.1, 0.15) is 12.1 Å². The Morgan fingerprint density at radius 3 is 2.55 bits per heavy atom. The summed E-state index contributed by atoms with van der Waals surface area (Å²) in [4.78, 5) is 20.2. The van der Waals surface area contributed by atoms with Crippen LogP contribution in [0.2, 0.25) is 0 Å². The van der Waals surface area contributed by atoms with Gasteiger partial charge >= 0.3 is 5.97 Å². The minimum Gasteiger partial charge on any atom is -0.464 e. The van der Waals surface area contributed by atoms with Crippen molar-refractivity contribution in [3.8, 4) is 6.07 Å². The van der Waals surface area contributed by atoms with Gasteiger partial charge in [0.15, 0.2) is 0 Å². The predicted molar refractivity (Wildman–Crippen MR) is 76.3 cm³/mol. The quantitative estimate of drug-likeness (QED) is 0.766. The molecule has 0 spiro atoms. The zero-order valence-electron chi connectivity index (χ0n) is 12.3. The number of cyclic esters (lactones) is 1. The molecule has 1 unspecified atom stereocenters. The van der Waals surface area contributed by atoms with Crippen LogP contribution in [0.3, 0.4) is 0 Å². The maximum atomic E-state index is 11.7. The Morgan fingerprint density at radius 2 is 1.95 bits per heavy atom.